The Morgan fingerprint density at radius 3 is 2.74 bits per heavy atom. The molecule has 3 rings (SSSR count). The number of nitrogen functional groups attached to an aromatic ring is 1. The molecule has 1 aromatic carbocycles. The normalized spacial score (nSPS) is 11.4. The third-order valence-electron chi connectivity index (χ3n) is 3.41. The van der Waals surface area contributed by atoms with Crippen LogP contribution in [-0.4, -0.2) is 61.5 Å². The zero-order valence-corrected chi connectivity index (χ0v) is 14.6. The van der Waals surface area contributed by atoms with Crippen LogP contribution in [0.25, 0.3) is 5.82 Å². The van der Waals surface area contributed by atoms with Crippen molar-refractivity contribution in [3.05, 3.63) is 41.2 Å². The third kappa shape index (κ3) is 4.07. The van der Waals surface area contributed by atoms with E-state index < -0.39 is 5.91 Å². The molecule has 27 heavy (non-hydrogen) atoms. The van der Waals surface area contributed by atoms with E-state index >= 15 is 0 Å². The van der Waals surface area contributed by atoms with Crippen molar-refractivity contribution in [3.8, 4) is 11.6 Å². The molecule has 1 amide bonds. The van der Waals surface area contributed by atoms with Crippen LogP contribution >= 0.6 is 0 Å². The van der Waals surface area contributed by atoms with Gasteiger partial charge in [0.05, 0.1) is 11.9 Å². The summed E-state index contributed by atoms with van der Waals surface area (Å²) in [5, 5.41) is 28.2. The zero-order valence-electron chi connectivity index (χ0n) is 14.6. The van der Waals surface area contributed by atoms with E-state index in [-0.39, 0.29) is 23.1 Å². The summed E-state index contributed by atoms with van der Waals surface area (Å²) in [4.78, 5) is 14.3. The summed E-state index contributed by atoms with van der Waals surface area (Å²) >= 11 is 0. The Bertz CT molecular complexity index is 959. The number of rotatable bonds is 6. The SMILES string of the molecule is CN(C)Cc1c(C(=O)N/N=C/c2ccc(O)cc2)nnn1-c1nonc1N. The Morgan fingerprint density at radius 2 is 2.11 bits per heavy atom. The number of hydrazone groups is 1. The van der Waals surface area contributed by atoms with Crippen molar-refractivity contribution in [2.45, 2.75) is 6.54 Å². The molecule has 0 unspecified atom stereocenters. The van der Waals surface area contributed by atoms with Gasteiger partial charge in [-0.15, -0.1) is 5.10 Å². The first-order chi connectivity index (χ1) is 13.0. The molecule has 0 aliphatic rings. The van der Waals surface area contributed by atoms with Gasteiger partial charge in [-0.1, -0.05) is 5.21 Å². The number of nitrogens with two attached hydrogens (primary N) is 1. The van der Waals surface area contributed by atoms with Crippen LogP contribution in [0.15, 0.2) is 34.0 Å². The first-order valence-corrected chi connectivity index (χ1v) is 7.76. The first kappa shape index (κ1) is 18.0. The van der Waals surface area contributed by atoms with Crippen molar-refractivity contribution in [3.63, 3.8) is 0 Å². The molecule has 0 bridgehead atoms. The van der Waals surface area contributed by atoms with Crippen molar-refractivity contribution < 1.29 is 14.5 Å². The van der Waals surface area contributed by atoms with Crippen LogP contribution < -0.4 is 11.2 Å². The maximum absolute atomic E-state index is 12.5. The second kappa shape index (κ2) is 7.61. The lowest BCUT2D eigenvalue weighted by molar-refractivity contribution is 0.0948. The molecule has 12 nitrogen and oxygen atoms in total. The number of carbonyl (C=O) groups excluding carboxylic acids is 1. The zero-order chi connectivity index (χ0) is 19.4. The van der Waals surface area contributed by atoms with Gasteiger partial charge in [-0.3, -0.25) is 4.79 Å². The number of nitrogens with one attached hydrogen (secondary N) is 1. The third-order valence-corrected chi connectivity index (χ3v) is 3.41. The van der Waals surface area contributed by atoms with Crippen LogP contribution in [-0.2, 0) is 6.54 Å². The van der Waals surface area contributed by atoms with Crippen molar-refractivity contribution in [1.82, 2.24) is 35.6 Å². The highest BCUT2D eigenvalue weighted by Gasteiger charge is 2.24. The summed E-state index contributed by atoms with van der Waals surface area (Å²) < 4.78 is 5.88. The number of benzene rings is 1. The summed E-state index contributed by atoms with van der Waals surface area (Å²) in [6.07, 6.45) is 1.44. The number of anilines is 1. The maximum atomic E-state index is 12.5. The summed E-state index contributed by atoms with van der Waals surface area (Å²) in [5.74, 6) is -0.242. The highest BCUT2D eigenvalue weighted by atomic mass is 16.6. The van der Waals surface area contributed by atoms with Gasteiger partial charge >= 0.3 is 0 Å². The summed E-state index contributed by atoms with van der Waals surface area (Å²) in [7, 11) is 3.65. The van der Waals surface area contributed by atoms with Crippen LogP contribution in [0.1, 0.15) is 21.7 Å². The molecule has 4 N–H and O–H groups in total. The Kier molecular flexibility index (Phi) is 5.08. The Hall–Kier alpha value is -3.80. The first-order valence-electron chi connectivity index (χ1n) is 7.76. The van der Waals surface area contributed by atoms with Crippen LogP contribution in [0.4, 0.5) is 5.82 Å². The van der Waals surface area contributed by atoms with Gasteiger partial charge in [0.25, 0.3) is 5.91 Å². The summed E-state index contributed by atoms with van der Waals surface area (Å²) in [6, 6.07) is 6.33. The average molecular weight is 371 g/mol. The monoisotopic (exact) mass is 371 g/mol. The molecule has 2 heterocycles. The molecule has 3 aromatic rings. The molecule has 0 fully saturated rings. The number of phenolic OH excluding ortho intramolecular Hbond substituents is 1. The van der Waals surface area contributed by atoms with Crippen LogP contribution in [0, 0.1) is 0 Å². The Labute approximate surface area is 153 Å². The minimum Gasteiger partial charge on any atom is -0.508 e. The number of hydrogen-bond donors (Lipinski definition) is 3. The van der Waals surface area contributed by atoms with Crippen LogP contribution in [0.3, 0.4) is 0 Å². The van der Waals surface area contributed by atoms with Gasteiger partial charge in [-0.05, 0) is 54.2 Å². The van der Waals surface area contributed by atoms with Gasteiger partial charge in [0.1, 0.15) is 5.75 Å². The molecule has 0 radical (unpaired) electrons. The van der Waals surface area contributed by atoms with E-state index in [2.05, 4.69) is 35.8 Å². The van der Waals surface area contributed by atoms with Gasteiger partial charge in [0.2, 0.25) is 11.6 Å². The molecule has 0 aliphatic heterocycles. The second-order valence-electron chi connectivity index (χ2n) is 5.80. The molecule has 12 heteroatoms. The van der Waals surface area contributed by atoms with Crippen molar-refractivity contribution in [2.75, 3.05) is 19.8 Å². The minimum atomic E-state index is -0.553. The summed E-state index contributed by atoms with van der Waals surface area (Å²) in [5.41, 5.74) is 9.30. The van der Waals surface area contributed by atoms with Gasteiger partial charge < -0.3 is 15.7 Å². The largest absolute Gasteiger partial charge is 0.508 e. The van der Waals surface area contributed by atoms with E-state index in [0.29, 0.717) is 17.8 Å². The number of carbonyl (C=O) groups is 1. The Balaban J connectivity index is 1.82. The van der Waals surface area contributed by atoms with Crippen molar-refractivity contribution in [1.29, 1.82) is 0 Å². The Morgan fingerprint density at radius 1 is 1.37 bits per heavy atom. The quantitative estimate of drug-likeness (QED) is 0.392. The molecule has 0 atom stereocenters. The maximum Gasteiger partial charge on any atom is 0.293 e. The molecule has 0 spiro atoms. The second-order valence-corrected chi connectivity index (χ2v) is 5.80. The molecule has 2 aromatic heterocycles. The van der Waals surface area contributed by atoms with E-state index in [9.17, 15) is 9.90 Å². The number of aromatic hydroxyl groups is 1. The lowest BCUT2D eigenvalue weighted by atomic mass is 10.2. The van der Waals surface area contributed by atoms with Crippen molar-refractivity contribution >= 4 is 17.9 Å². The highest BCUT2D eigenvalue weighted by Crippen LogP contribution is 2.16. The molecule has 0 aliphatic carbocycles. The fraction of sp³-hybridized carbons (Fsp3) is 0.200. The van der Waals surface area contributed by atoms with E-state index in [1.54, 1.807) is 12.1 Å². The van der Waals surface area contributed by atoms with Crippen LogP contribution in [0.2, 0.25) is 0 Å². The van der Waals surface area contributed by atoms with E-state index in [1.165, 1.54) is 23.0 Å². The minimum absolute atomic E-state index is 0.0252. The standard InChI is InChI=1S/C15H17N9O3/c1-23(2)8-11-12(18-22-24(11)14-13(16)20-27-21-14)15(26)19-17-7-9-3-5-10(25)6-4-9/h3-7,25H,8H2,1-2H3,(H2,16,20)(H,19,26)/b17-7+. The molecule has 140 valence electrons. The summed E-state index contributed by atoms with van der Waals surface area (Å²) in [6.45, 7) is 0.337. The lowest BCUT2D eigenvalue weighted by Crippen LogP contribution is -2.23. The number of amides is 1. The van der Waals surface area contributed by atoms with Gasteiger partial charge in [0.15, 0.2) is 5.69 Å². The van der Waals surface area contributed by atoms with Crippen molar-refractivity contribution in [2.24, 2.45) is 5.10 Å². The number of phenols is 1. The molecule has 0 saturated heterocycles. The predicted octanol–water partition coefficient (Wildman–Crippen LogP) is -0.236. The number of nitrogens with zero attached hydrogens (tertiary/aromatic N) is 7. The molecular weight excluding hydrogens is 354 g/mol. The average Bonchev–Trinajstić information content (AvgIpc) is 3.22. The lowest BCUT2D eigenvalue weighted by Gasteiger charge is -2.11. The molecular formula is C15H17N9O3. The fourth-order valence-corrected chi connectivity index (χ4v) is 2.21. The van der Waals surface area contributed by atoms with E-state index in [1.807, 2.05) is 19.0 Å². The van der Waals surface area contributed by atoms with Gasteiger partial charge in [0, 0.05) is 6.54 Å². The number of aromatic nitrogens is 5. The predicted molar refractivity (Wildman–Crippen MR) is 94.2 cm³/mol. The van der Waals surface area contributed by atoms with Gasteiger partial charge in [-0.25, -0.2) is 10.1 Å². The highest BCUT2D eigenvalue weighted by molar-refractivity contribution is 5.94. The smallest absolute Gasteiger partial charge is 0.293 e. The topological polar surface area (TPSA) is 161 Å². The fourth-order valence-electron chi connectivity index (χ4n) is 2.21. The van der Waals surface area contributed by atoms with E-state index in [0.717, 1.165) is 0 Å². The van der Waals surface area contributed by atoms with Gasteiger partial charge in [-0.2, -0.15) is 9.78 Å². The number of hydrogen-bond acceptors (Lipinski definition) is 10. The molecule has 0 saturated carbocycles. The van der Waals surface area contributed by atoms with E-state index in [4.69, 9.17) is 5.73 Å². The van der Waals surface area contributed by atoms with Crippen LogP contribution in [0.5, 0.6) is 5.75 Å².